The van der Waals surface area contributed by atoms with Gasteiger partial charge in [0.05, 0.1) is 19.8 Å². The Morgan fingerprint density at radius 2 is 2.00 bits per heavy atom. The minimum Gasteiger partial charge on any atom is -0.507 e. The minimum atomic E-state index is -1.52. The Morgan fingerprint density at radius 1 is 1.28 bits per heavy atom. The average molecular weight is 410 g/mol. The molecular formula is C17H23BN2O9. The second kappa shape index (κ2) is 8.97. The Hall–Kier alpha value is -2.38. The maximum atomic E-state index is 11.6. The molecule has 1 heterocycles. The monoisotopic (exact) mass is 410 g/mol. The number of ether oxygens (including phenoxy) is 1. The lowest BCUT2D eigenvalue weighted by Gasteiger charge is -2.38. The SMILES string of the molecule is O=C(CN1CC(Oc2ccc([C@H]3C[C@H]3B(O)O)c(O)c2C(=O)O)C1)NOCCO. The fourth-order valence-electron chi connectivity index (χ4n) is 3.41. The normalized spacial score (nSPS) is 21.3. The van der Waals surface area contributed by atoms with Crippen molar-refractivity contribution < 1.29 is 44.5 Å². The molecule has 0 bridgehead atoms. The van der Waals surface area contributed by atoms with Crippen LogP contribution in [0.2, 0.25) is 5.82 Å². The van der Waals surface area contributed by atoms with Crippen LogP contribution in [0.1, 0.15) is 28.3 Å². The van der Waals surface area contributed by atoms with Crippen LogP contribution in [0.25, 0.3) is 0 Å². The van der Waals surface area contributed by atoms with Crippen LogP contribution in [0.4, 0.5) is 0 Å². The fourth-order valence-corrected chi connectivity index (χ4v) is 3.41. The number of hydrogen-bond acceptors (Lipinski definition) is 9. The molecular weight excluding hydrogens is 387 g/mol. The second-order valence-corrected chi connectivity index (χ2v) is 7.13. The highest BCUT2D eigenvalue weighted by Gasteiger charge is 2.48. The number of carbonyl (C=O) groups is 2. The van der Waals surface area contributed by atoms with Crippen LogP contribution >= 0.6 is 0 Å². The molecule has 2 fully saturated rings. The summed E-state index contributed by atoms with van der Waals surface area (Å²) in [5.41, 5.74) is 2.17. The first kappa shape index (κ1) is 21.3. The molecule has 1 aromatic rings. The summed E-state index contributed by atoms with van der Waals surface area (Å²) in [5.74, 6) is -2.89. The molecule has 3 rings (SSSR count). The van der Waals surface area contributed by atoms with Crippen molar-refractivity contribution in [1.29, 1.82) is 0 Å². The van der Waals surface area contributed by atoms with Crippen molar-refractivity contribution in [3.63, 3.8) is 0 Å². The summed E-state index contributed by atoms with van der Waals surface area (Å²) in [6.45, 7) is 0.619. The summed E-state index contributed by atoms with van der Waals surface area (Å²) in [7, 11) is -1.52. The molecule has 0 spiro atoms. The van der Waals surface area contributed by atoms with Crippen LogP contribution in [-0.4, -0.2) is 88.2 Å². The first-order chi connectivity index (χ1) is 13.8. The molecule has 6 N–H and O–H groups in total. The lowest BCUT2D eigenvalue weighted by Crippen LogP contribution is -2.56. The number of hydrogen-bond donors (Lipinski definition) is 6. The number of aliphatic hydroxyl groups is 1. The van der Waals surface area contributed by atoms with Gasteiger partial charge in [-0.15, -0.1) is 0 Å². The number of rotatable bonds is 10. The molecule has 0 unspecified atom stereocenters. The number of carboxylic acids is 1. The average Bonchev–Trinajstić information content (AvgIpc) is 3.40. The first-order valence-electron chi connectivity index (χ1n) is 9.17. The van der Waals surface area contributed by atoms with Gasteiger partial charge in [-0.2, -0.15) is 0 Å². The molecule has 11 nitrogen and oxygen atoms in total. The maximum Gasteiger partial charge on any atom is 0.455 e. The molecule has 158 valence electrons. The second-order valence-electron chi connectivity index (χ2n) is 7.13. The highest BCUT2D eigenvalue weighted by molar-refractivity contribution is 6.44. The number of hydroxylamine groups is 1. The van der Waals surface area contributed by atoms with E-state index in [-0.39, 0.29) is 49.0 Å². The van der Waals surface area contributed by atoms with Gasteiger partial charge in [0.1, 0.15) is 23.2 Å². The number of nitrogens with one attached hydrogen (secondary N) is 1. The molecule has 2 atom stereocenters. The number of nitrogens with zero attached hydrogens (tertiary/aromatic N) is 1. The summed E-state index contributed by atoms with van der Waals surface area (Å²) >= 11 is 0. The Kier molecular flexibility index (Phi) is 6.60. The van der Waals surface area contributed by atoms with Crippen molar-refractivity contribution in [2.75, 3.05) is 32.8 Å². The smallest absolute Gasteiger partial charge is 0.455 e. The third-order valence-corrected chi connectivity index (χ3v) is 4.97. The van der Waals surface area contributed by atoms with Crippen molar-refractivity contribution in [3.05, 3.63) is 23.3 Å². The third kappa shape index (κ3) is 4.97. The van der Waals surface area contributed by atoms with Crippen LogP contribution in [-0.2, 0) is 9.63 Å². The summed E-state index contributed by atoms with van der Waals surface area (Å²) < 4.78 is 5.69. The Labute approximate surface area is 166 Å². The molecule has 1 saturated carbocycles. The van der Waals surface area contributed by atoms with Gasteiger partial charge in [0.15, 0.2) is 0 Å². The van der Waals surface area contributed by atoms with E-state index < -0.39 is 24.7 Å². The predicted octanol–water partition coefficient (Wildman–Crippen LogP) is -1.48. The van der Waals surface area contributed by atoms with E-state index in [9.17, 15) is 29.9 Å². The van der Waals surface area contributed by atoms with E-state index in [0.29, 0.717) is 25.1 Å². The van der Waals surface area contributed by atoms with E-state index in [1.54, 1.807) is 4.90 Å². The van der Waals surface area contributed by atoms with Gasteiger partial charge in [0.2, 0.25) is 0 Å². The number of aromatic hydroxyl groups is 1. The van der Waals surface area contributed by atoms with E-state index in [1.807, 2.05) is 0 Å². The zero-order chi connectivity index (χ0) is 21.1. The molecule has 0 aromatic heterocycles. The van der Waals surface area contributed by atoms with Crippen molar-refractivity contribution in [3.8, 4) is 11.5 Å². The van der Waals surface area contributed by atoms with E-state index >= 15 is 0 Å². The summed E-state index contributed by atoms with van der Waals surface area (Å²) in [6.07, 6.45) is 0.101. The molecule has 1 aliphatic heterocycles. The van der Waals surface area contributed by atoms with Gasteiger partial charge in [-0.1, -0.05) is 6.07 Å². The number of carboxylic acid groups (broad SMARTS) is 1. The Morgan fingerprint density at radius 3 is 2.59 bits per heavy atom. The number of benzene rings is 1. The zero-order valence-corrected chi connectivity index (χ0v) is 15.5. The van der Waals surface area contributed by atoms with Gasteiger partial charge < -0.3 is 30.1 Å². The van der Waals surface area contributed by atoms with E-state index in [0.717, 1.165) is 0 Å². The summed E-state index contributed by atoms with van der Waals surface area (Å²) in [6, 6.07) is 2.99. The van der Waals surface area contributed by atoms with Gasteiger partial charge in [0.25, 0.3) is 5.91 Å². The number of likely N-dealkylation sites (tertiary alicyclic amines) is 1. The number of carbonyl (C=O) groups excluding carboxylic acids is 1. The van der Waals surface area contributed by atoms with Crippen LogP contribution in [0.15, 0.2) is 12.1 Å². The Bertz CT molecular complexity index is 770. The molecule has 1 amide bonds. The molecule has 1 aliphatic carbocycles. The molecule has 1 aromatic carbocycles. The lowest BCUT2D eigenvalue weighted by atomic mass is 9.81. The third-order valence-electron chi connectivity index (χ3n) is 4.97. The summed E-state index contributed by atoms with van der Waals surface area (Å²) in [4.78, 5) is 29.7. The van der Waals surface area contributed by atoms with Gasteiger partial charge in [-0.05, 0) is 24.0 Å². The quantitative estimate of drug-likeness (QED) is 0.152. The van der Waals surface area contributed by atoms with Crippen molar-refractivity contribution >= 4 is 19.0 Å². The molecule has 29 heavy (non-hydrogen) atoms. The van der Waals surface area contributed by atoms with E-state index in [1.165, 1.54) is 12.1 Å². The highest BCUT2D eigenvalue weighted by Crippen LogP contribution is 2.56. The van der Waals surface area contributed by atoms with Crippen LogP contribution in [0.3, 0.4) is 0 Å². The van der Waals surface area contributed by atoms with Gasteiger partial charge in [0, 0.05) is 18.9 Å². The summed E-state index contributed by atoms with van der Waals surface area (Å²) in [5, 5.41) is 46.9. The van der Waals surface area contributed by atoms with Crippen molar-refractivity contribution in [1.82, 2.24) is 10.4 Å². The highest BCUT2D eigenvalue weighted by atomic mass is 16.7. The number of aromatic carboxylic acids is 1. The van der Waals surface area contributed by atoms with E-state index in [4.69, 9.17) is 14.7 Å². The molecule has 2 aliphatic rings. The van der Waals surface area contributed by atoms with Gasteiger partial charge in [-0.25, -0.2) is 10.3 Å². The van der Waals surface area contributed by atoms with Crippen LogP contribution < -0.4 is 10.2 Å². The number of aliphatic hydroxyl groups excluding tert-OH is 1. The van der Waals surface area contributed by atoms with Crippen molar-refractivity contribution in [2.45, 2.75) is 24.3 Å². The van der Waals surface area contributed by atoms with Gasteiger partial charge >= 0.3 is 13.1 Å². The standard InChI is InChI=1S/C17H23BN2O9/c21-3-4-28-19-14(22)8-20-6-9(7-20)29-13-2-1-10(11-5-12(11)18(26)27)16(23)15(13)17(24)25/h1-2,9,11-12,21,23,26-27H,3-8H2,(H,19,22)(H,24,25)/t11-,12-/m1/s1. The molecule has 0 radical (unpaired) electrons. The van der Waals surface area contributed by atoms with Crippen LogP contribution in [0.5, 0.6) is 11.5 Å². The predicted molar refractivity (Wildman–Crippen MR) is 98.4 cm³/mol. The number of phenols is 1. The van der Waals surface area contributed by atoms with E-state index in [2.05, 4.69) is 5.48 Å². The molecule has 1 saturated heterocycles. The maximum absolute atomic E-state index is 11.6. The topological polar surface area (TPSA) is 169 Å². The zero-order valence-electron chi connectivity index (χ0n) is 15.5. The minimum absolute atomic E-state index is 0.00615. The lowest BCUT2D eigenvalue weighted by molar-refractivity contribution is -0.137. The fraction of sp³-hybridized carbons (Fsp3) is 0.529. The number of amides is 1. The largest absolute Gasteiger partial charge is 0.507 e. The van der Waals surface area contributed by atoms with Crippen molar-refractivity contribution in [2.24, 2.45) is 0 Å². The van der Waals surface area contributed by atoms with Crippen LogP contribution in [0, 0.1) is 0 Å². The Balaban J connectivity index is 1.57. The molecule has 12 heteroatoms. The van der Waals surface area contributed by atoms with Gasteiger partial charge in [-0.3, -0.25) is 14.5 Å². The first-order valence-corrected chi connectivity index (χ1v) is 9.17.